The van der Waals surface area contributed by atoms with Gasteiger partial charge in [-0.1, -0.05) is 26.8 Å². The number of halogens is 1. The van der Waals surface area contributed by atoms with Gasteiger partial charge in [-0.3, -0.25) is 4.79 Å². The molecule has 1 heterocycles. The molecule has 4 aliphatic carbocycles. The highest BCUT2D eigenvalue weighted by atomic mass is 19.1. The molecule has 4 N–H and O–H groups in total. The minimum absolute atomic E-state index is 0.0675. The summed E-state index contributed by atoms with van der Waals surface area (Å²) in [4.78, 5) is 19.8. The molecular weight excluding hydrogens is 483 g/mol. The Balaban J connectivity index is 1.22. The fourth-order valence-corrected chi connectivity index (χ4v) is 9.99. The zero-order chi connectivity index (χ0) is 27.0. The smallest absolute Gasteiger partial charge is 0.258 e. The highest BCUT2D eigenvalue weighted by Gasteiger charge is 2.65. The Bertz CT molecular complexity index is 1270. The van der Waals surface area contributed by atoms with Crippen molar-refractivity contribution in [2.24, 2.45) is 46.3 Å². The Hall–Kier alpha value is -1.83. The van der Waals surface area contributed by atoms with Crippen LogP contribution < -0.4 is 5.56 Å². The molecule has 7 heteroatoms. The van der Waals surface area contributed by atoms with Crippen LogP contribution in [0.3, 0.4) is 0 Å². The summed E-state index contributed by atoms with van der Waals surface area (Å²) < 4.78 is 14.3. The van der Waals surface area contributed by atoms with Crippen molar-refractivity contribution in [3.63, 3.8) is 0 Å². The number of H-pyrrole nitrogens is 1. The maximum absolute atomic E-state index is 14.3. The second-order valence-corrected chi connectivity index (χ2v) is 13.7. The highest BCUT2D eigenvalue weighted by molar-refractivity contribution is 5.77. The van der Waals surface area contributed by atoms with Gasteiger partial charge in [-0.2, -0.15) is 0 Å². The Morgan fingerprint density at radius 3 is 2.68 bits per heavy atom. The van der Waals surface area contributed by atoms with Crippen molar-refractivity contribution in [1.82, 2.24) is 9.97 Å². The number of hydrogen-bond acceptors (Lipinski definition) is 5. The Kier molecular flexibility index (Phi) is 6.51. The van der Waals surface area contributed by atoms with E-state index in [0.29, 0.717) is 24.1 Å². The average Bonchev–Trinajstić information content (AvgIpc) is 3.23. The molecule has 11 atom stereocenters. The van der Waals surface area contributed by atoms with Crippen LogP contribution in [0.25, 0.3) is 10.9 Å². The fraction of sp³-hybridized carbons (Fsp3) is 0.742. The molecular formula is C31H43FN2O4. The molecule has 6 nitrogen and oxygen atoms in total. The molecule has 1 aromatic heterocycles. The fourth-order valence-electron chi connectivity index (χ4n) is 9.99. The number of benzene rings is 1. The number of aromatic nitrogens is 2. The number of rotatable bonds is 4. The molecule has 0 saturated heterocycles. The number of hydrogen-bond donors (Lipinski definition) is 4. The lowest BCUT2D eigenvalue weighted by molar-refractivity contribution is -0.207. The van der Waals surface area contributed by atoms with E-state index in [0.717, 1.165) is 51.4 Å². The molecule has 4 aliphatic rings. The van der Waals surface area contributed by atoms with E-state index in [4.69, 9.17) is 0 Å². The zero-order valence-electron chi connectivity index (χ0n) is 22.9. The first-order valence-corrected chi connectivity index (χ1v) is 14.8. The van der Waals surface area contributed by atoms with Crippen LogP contribution in [0.5, 0.6) is 0 Å². The highest BCUT2D eigenvalue weighted by Crippen LogP contribution is 2.68. The quantitative estimate of drug-likeness (QED) is 0.466. The van der Waals surface area contributed by atoms with Crippen LogP contribution in [-0.2, 0) is 6.42 Å². The lowest BCUT2D eigenvalue weighted by atomic mass is 9.43. The van der Waals surface area contributed by atoms with Crippen LogP contribution in [0, 0.1) is 52.2 Å². The van der Waals surface area contributed by atoms with Crippen molar-refractivity contribution in [2.45, 2.75) is 96.9 Å². The van der Waals surface area contributed by atoms with Crippen LogP contribution in [0.4, 0.5) is 4.39 Å². The Labute approximate surface area is 224 Å². The summed E-state index contributed by atoms with van der Waals surface area (Å²) in [6.45, 7) is 6.84. The second kappa shape index (κ2) is 9.38. The van der Waals surface area contributed by atoms with Crippen LogP contribution in [-0.4, -0.2) is 43.6 Å². The largest absolute Gasteiger partial charge is 0.393 e. The third kappa shape index (κ3) is 3.90. The molecule has 4 saturated carbocycles. The van der Waals surface area contributed by atoms with Gasteiger partial charge in [-0.15, -0.1) is 0 Å². The number of aliphatic hydroxyl groups is 3. The average molecular weight is 527 g/mol. The van der Waals surface area contributed by atoms with Crippen molar-refractivity contribution in [3.8, 4) is 0 Å². The second-order valence-electron chi connectivity index (χ2n) is 13.7. The minimum Gasteiger partial charge on any atom is -0.393 e. The van der Waals surface area contributed by atoms with Crippen LogP contribution >= 0.6 is 0 Å². The molecule has 1 aromatic carbocycles. The van der Waals surface area contributed by atoms with Gasteiger partial charge in [0.15, 0.2) is 0 Å². The SMILES string of the molecule is C[C@H](CCc1nc2c(F)cccc2c(=O)[nH]1)[C@H]1CC[C@H]2[C@H]3C(C[C@H](O)[C@]12C)[C@@]1(C)CC[C@@H](O)C[C@H]1C[C@H]3O. The Morgan fingerprint density at radius 2 is 1.89 bits per heavy atom. The number of nitrogens with zero attached hydrogens (tertiary/aromatic N) is 1. The van der Waals surface area contributed by atoms with Gasteiger partial charge in [0.05, 0.1) is 23.7 Å². The third-order valence-electron chi connectivity index (χ3n) is 12.1. The lowest BCUT2D eigenvalue weighted by Gasteiger charge is -2.63. The van der Waals surface area contributed by atoms with Gasteiger partial charge in [0.2, 0.25) is 0 Å². The van der Waals surface area contributed by atoms with Crippen molar-refractivity contribution < 1.29 is 19.7 Å². The van der Waals surface area contributed by atoms with Crippen molar-refractivity contribution in [1.29, 1.82) is 0 Å². The van der Waals surface area contributed by atoms with Crippen molar-refractivity contribution in [3.05, 3.63) is 40.2 Å². The first-order valence-electron chi connectivity index (χ1n) is 14.8. The zero-order valence-corrected chi connectivity index (χ0v) is 22.9. The summed E-state index contributed by atoms with van der Waals surface area (Å²) in [6.07, 6.45) is 6.34. The molecule has 0 bridgehead atoms. The van der Waals surface area contributed by atoms with E-state index < -0.39 is 11.9 Å². The third-order valence-corrected chi connectivity index (χ3v) is 12.1. The van der Waals surface area contributed by atoms with E-state index in [2.05, 4.69) is 30.7 Å². The topological polar surface area (TPSA) is 106 Å². The summed E-state index contributed by atoms with van der Waals surface area (Å²) in [5.41, 5.74) is -0.395. The summed E-state index contributed by atoms with van der Waals surface area (Å²) >= 11 is 0. The molecule has 208 valence electrons. The van der Waals surface area contributed by atoms with Crippen molar-refractivity contribution >= 4 is 10.9 Å². The number of aliphatic hydroxyl groups excluding tert-OH is 3. The van der Waals surface area contributed by atoms with E-state index in [1.165, 1.54) is 12.1 Å². The van der Waals surface area contributed by atoms with Gasteiger partial charge in [0.1, 0.15) is 17.2 Å². The summed E-state index contributed by atoms with van der Waals surface area (Å²) in [5, 5.41) is 33.8. The molecule has 6 rings (SSSR count). The molecule has 0 radical (unpaired) electrons. The predicted octanol–water partition coefficient (Wildman–Crippen LogP) is 4.59. The predicted molar refractivity (Wildman–Crippen MR) is 144 cm³/mol. The van der Waals surface area contributed by atoms with Crippen molar-refractivity contribution in [2.75, 3.05) is 0 Å². The standard InChI is InChI=1S/C31H43FN2O4/c1-16(7-10-26-33-28-19(29(38)34-26)5-4-6-23(28)32)20-8-9-21-27-22(15-25(37)31(20,21)3)30(2)12-11-18(35)13-17(30)14-24(27)36/h4-6,16-18,20-22,24-25,27,35-37H,7-15H2,1-3H3,(H,33,34,38)/t16-,17+,18-,20-,21+,22?,24-,25+,27+,30+,31-/m1/s1. The number of aromatic amines is 1. The summed E-state index contributed by atoms with van der Waals surface area (Å²) in [5.74, 6) is 1.68. The molecule has 2 aromatic rings. The van der Waals surface area contributed by atoms with Crippen LogP contribution in [0.2, 0.25) is 0 Å². The first kappa shape index (κ1) is 26.4. The first-order chi connectivity index (χ1) is 18.0. The minimum atomic E-state index is -0.483. The summed E-state index contributed by atoms with van der Waals surface area (Å²) in [7, 11) is 0. The molecule has 0 spiro atoms. The van der Waals surface area contributed by atoms with Gasteiger partial charge in [-0.05, 0) is 110 Å². The molecule has 0 aliphatic heterocycles. The maximum atomic E-state index is 14.3. The van der Waals surface area contributed by atoms with Gasteiger partial charge < -0.3 is 20.3 Å². The van der Waals surface area contributed by atoms with E-state index >= 15 is 0 Å². The van der Waals surface area contributed by atoms with Gasteiger partial charge in [0, 0.05) is 6.42 Å². The van der Waals surface area contributed by atoms with E-state index in [1.807, 2.05) is 0 Å². The molecule has 1 unspecified atom stereocenters. The number of aryl methyl sites for hydroxylation is 1. The Morgan fingerprint density at radius 1 is 1.11 bits per heavy atom. The molecule has 4 fully saturated rings. The normalized spacial score (nSPS) is 43.3. The van der Waals surface area contributed by atoms with Crippen LogP contribution in [0.1, 0.15) is 78.0 Å². The molecule has 38 heavy (non-hydrogen) atoms. The van der Waals surface area contributed by atoms with E-state index in [9.17, 15) is 24.5 Å². The van der Waals surface area contributed by atoms with Gasteiger partial charge in [-0.25, -0.2) is 9.37 Å². The van der Waals surface area contributed by atoms with Crippen LogP contribution in [0.15, 0.2) is 23.0 Å². The number of fused-ring (bicyclic) bond motifs is 6. The van der Waals surface area contributed by atoms with Gasteiger partial charge >= 0.3 is 0 Å². The van der Waals surface area contributed by atoms with E-state index in [-0.39, 0.29) is 63.2 Å². The monoisotopic (exact) mass is 526 g/mol. The summed E-state index contributed by atoms with van der Waals surface area (Å²) in [6, 6.07) is 4.44. The maximum Gasteiger partial charge on any atom is 0.258 e. The molecule has 0 amide bonds. The van der Waals surface area contributed by atoms with E-state index in [1.54, 1.807) is 6.07 Å². The number of para-hydroxylation sites is 1. The number of nitrogens with one attached hydrogen (secondary N) is 1. The van der Waals surface area contributed by atoms with Gasteiger partial charge in [0.25, 0.3) is 5.56 Å². The lowest BCUT2D eigenvalue weighted by Crippen LogP contribution is -2.62.